The van der Waals surface area contributed by atoms with Gasteiger partial charge in [0.2, 0.25) is 0 Å². The van der Waals surface area contributed by atoms with Gasteiger partial charge >= 0.3 is 5.97 Å². The van der Waals surface area contributed by atoms with E-state index in [0.717, 1.165) is 11.1 Å². The lowest BCUT2D eigenvalue weighted by Gasteiger charge is -2.11. The molecule has 4 aromatic rings. The van der Waals surface area contributed by atoms with Crippen LogP contribution in [0.15, 0.2) is 72.8 Å². The summed E-state index contributed by atoms with van der Waals surface area (Å²) >= 11 is 0. The van der Waals surface area contributed by atoms with Crippen LogP contribution in [0.1, 0.15) is 21.7 Å². The number of carbonyl (C=O) groups is 2. The van der Waals surface area contributed by atoms with Gasteiger partial charge in [0, 0.05) is 11.6 Å². The van der Waals surface area contributed by atoms with E-state index in [0.29, 0.717) is 17.1 Å². The van der Waals surface area contributed by atoms with E-state index < -0.39 is 23.4 Å². The lowest BCUT2D eigenvalue weighted by molar-refractivity contribution is -0.384. The van der Waals surface area contributed by atoms with E-state index in [2.05, 4.69) is 15.4 Å². The zero-order chi connectivity index (χ0) is 24.9. The predicted molar refractivity (Wildman–Crippen MR) is 128 cm³/mol. The van der Waals surface area contributed by atoms with E-state index in [1.54, 1.807) is 19.9 Å². The molecule has 0 atom stereocenters. The van der Waals surface area contributed by atoms with Gasteiger partial charge in [-0.1, -0.05) is 54.6 Å². The number of rotatable bonds is 7. The summed E-state index contributed by atoms with van der Waals surface area (Å²) < 4.78 is 6.63. The number of aromatic nitrogens is 3. The standard InChI is InChI=1S/C25H21N5O5/c1-16-13-14-20(30(33)34)22(17(16)2)26-21(31)15-35-25(32)23-27-24(18-9-5-3-6-10-18)29(28-23)19-11-7-4-8-12-19/h3-14H,15H2,1-2H3,(H,26,31). The Morgan fingerprint density at radius 2 is 1.66 bits per heavy atom. The van der Waals surface area contributed by atoms with Crippen LogP contribution >= 0.6 is 0 Å². The molecule has 0 spiro atoms. The topological polar surface area (TPSA) is 129 Å². The van der Waals surface area contributed by atoms with Crippen LogP contribution in [0.4, 0.5) is 11.4 Å². The van der Waals surface area contributed by atoms with Crippen LogP contribution in [0.2, 0.25) is 0 Å². The van der Waals surface area contributed by atoms with Crippen molar-refractivity contribution in [3.05, 3.63) is 99.9 Å². The van der Waals surface area contributed by atoms with E-state index in [4.69, 9.17) is 4.74 Å². The van der Waals surface area contributed by atoms with Crippen molar-refractivity contribution in [2.45, 2.75) is 13.8 Å². The largest absolute Gasteiger partial charge is 0.450 e. The molecule has 1 N–H and O–H groups in total. The summed E-state index contributed by atoms with van der Waals surface area (Å²) in [5.41, 5.74) is 2.57. The first-order valence-corrected chi connectivity index (χ1v) is 10.6. The summed E-state index contributed by atoms with van der Waals surface area (Å²) in [4.78, 5) is 40.2. The molecule has 35 heavy (non-hydrogen) atoms. The number of nitrogens with zero attached hydrogens (tertiary/aromatic N) is 4. The van der Waals surface area contributed by atoms with Crippen molar-refractivity contribution >= 4 is 23.3 Å². The molecule has 4 rings (SSSR count). The Balaban J connectivity index is 1.53. The van der Waals surface area contributed by atoms with E-state index in [1.807, 2.05) is 60.7 Å². The average Bonchev–Trinajstić information content (AvgIpc) is 3.32. The van der Waals surface area contributed by atoms with Gasteiger partial charge in [0.1, 0.15) is 5.69 Å². The van der Waals surface area contributed by atoms with E-state index in [-0.39, 0.29) is 17.2 Å². The SMILES string of the molecule is Cc1ccc([N+](=O)[O-])c(NC(=O)COC(=O)c2nc(-c3ccccc3)n(-c3ccccc3)n2)c1C. The van der Waals surface area contributed by atoms with Gasteiger partial charge in [-0.2, -0.15) is 0 Å². The van der Waals surface area contributed by atoms with Gasteiger partial charge in [-0.05, 0) is 37.1 Å². The van der Waals surface area contributed by atoms with Gasteiger partial charge in [-0.3, -0.25) is 14.9 Å². The Morgan fingerprint density at radius 1 is 1.00 bits per heavy atom. The number of nitro groups is 1. The number of amides is 1. The van der Waals surface area contributed by atoms with Crippen LogP contribution in [0.5, 0.6) is 0 Å². The minimum absolute atomic E-state index is 0.0638. The molecule has 1 heterocycles. The molecule has 0 unspecified atom stereocenters. The molecule has 1 aromatic heterocycles. The van der Waals surface area contributed by atoms with E-state index in [1.165, 1.54) is 10.7 Å². The second kappa shape index (κ2) is 9.96. The van der Waals surface area contributed by atoms with Crippen molar-refractivity contribution in [2.75, 3.05) is 11.9 Å². The summed E-state index contributed by atoms with van der Waals surface area (Å²) in [6.45, 7) is 2.77. The van der Waals surface area contributed by atoms with Crippen LogP contribution in [0.3, 0.4) is 0 Å². The number of hydrogen-bond acceptors (Lipinski definition) is 7. The number of anilines is 1. The third-order valence-electron chi connectivity index (χ3n) is 5.33. The fraction of sp³-hybridized carbons (Fsp3) is 0.120. The van der Waals surface area contributed by atoms with Crippen molar-refractivity contribution in [1.82, 2.24) is 14.8 Å². The Labute approximate surface area is 200 Å². The normalized spacial score (nSPS) is 10.6. The first kappa shape index (κ1) is 23.3. The van der Waals surface area contributed by atoms with E-state index in [9.17, 15) is 19.7 Å². The summed E-state index contributed by atoms with van der Waals surface area (Å²) in [5.74, 6) is -1.42. The van der Waals surface area contributed by atoms with Crippen molar-refractivity contribution in [1.29, 1.82) is 0 Å². The van der Waals surface area contributed by atoms with Gasteiger partial charge < -0.3 is 10.1 Å². The number of ether oxygens (including phenoxy) is 1. The smallest absolute Gasteiger partial charge is 0.378 e. The summed E-state index contributed by atoms with van der Waals surface area (Å²) in [6.07, 6.45) is 0. The quantitative estimate of drug-likeness (QED) is 0.242. The van der Waals surface area contributed by atoms with Crippen LogP contribution < -0.4 is 5.32 Å². The molecule has 0 saturated heterocycles. The second-order valence-electron chi connectivity index (χ2n) is 7.66. The molecular formula is C25H21N5O5. The fourth-order valence-electron chi connectivity index (χ4n) is 3.40. The maximum Gasteiger partial charge on any atom is 0.378 e. The molecule has 0 aliphatic carbocycles. The van der Waals surface area contributed by atoms with Gasteiger partial charge in [-0.25, -0.2) is 14.5 Å². The van der Waals surface area contributed by atoms with Gasteiger partial charge in [-0.15, -0.1) is 5.10 Å². The number of carbonyl (C=O) groups excluding carboxylic acids is 2. The lowest BCUT2D eigenvalue weighted by atomic mass is 10.1. The maximum atomic E-state index is 12.7. The zero-order valence-corrected chi connectivity index (χ0v) is 19.0. The van der Waals surface area contributed by atoms with Crippen molar-refractivity contribution in [3.63, 3.8) is 0 Å². The number of nitro benzene ring substituents is 1. The first-order chi connectivity index (χ1) is 16.8. The van der Waals surface area contributed by atoms with Gasteiger partial charge in [0.25, 0.3) is 17.4 Å². The minimum Gasteiger partial charge on any atom is -0.450 e. The highest BCUT2D eigenvalue weighted by atomic mass is 16.6. The summed E-state index contributed by atoms with van der Waals surface area (Å²) in [7, 11) is 0. The van der Waals surface area contributed by atoms with Crippen LogP contribution in [0.25, 0.3) is 17.1 Å². The lowest BCUT2D eigenvalue weighted by Crippen LogP contribution is -2.22. The van der Waals surface area contributed by atoms with Gasteiger partial charge in [0.15, 0.2) is 12.4 Å². The monoisotopic (exact) mass is 471 g/mol. The predicted octanol–water partition coefficient (Wildman–Crippen LogP) is 4.25. The average molecular weight is 471 g/mol. The summed E-state index contributed by atoms with van der Waals surface area (Å²) in [6, 6.07) is 21.3. The number of benzene rings is 3. The fourth-order valence-corrected chi connectivity index (χ4v) is 3.40. The van der Waals surface area contributed by atoms with Crippen molar-refractivity contribution in [2.24, 2.45) is 0 Å². The molecule has 10 heteroatoms. The third kappa shape index (κ3) is 5.06. The Bertz CT molecular complexity index is 1340. The third-order valence-corrected chi connectivity index (χ3v) is 5.33. The van der Waals surface area contributed by atoms with Crippen LogP contribution in [-0.4, -0.2) is 38.2 Å². The number of para-hydroxylation sites is 1. The van der Waals surface area contributed by atoms with Crippen molar-refractivity contribution < 1.29 is 19.2 Å². The molecule has 10 nitrogen and oxygen atoms in total. The molecule has 0 aliphatic heterocycles. The molecule has 0 saturated carbocycles. The molecule has 0 bridgehead atoms. The molecular weight excluding hydrogens is 450 g/mol. The maximum absolute atomic E-state index is 12.7. The Kier molecular flexibility index (Phi) is 6.63. The molecule has 176 valence electrons. The highest BCUT2D eigenvalue weighted by Crippen LogP contribution is 2.30. The minimum atomic E-state index is -0.900. The highest BCUT2D eigenvalue weighted by molar-refractivity contribution is 5.97. The van der Waals surface area contributed by atoms with Crippen LogP contribution in [0, 0.1) is 24.0 Å². The molecule has 0 fully saturated rings. The van der Waals surface area contributed by atoms with Crippen LogP contribution in [-0.2, 0) is 9.53 Å². The molecule has 3 aromatic carbocycles. The number of hydrogen-bond donors (Lipinski definition) is 1. The van der Waals surface area contributed by atoms with Crippen molar-refractivity contribution in [3.8, 4) is 17.1 Å². The Hall–Kier alpha value is -4.86. The summed E-state index contributed by atoms with van der Waals surface area (Å²) in [5, 5.41) is 18.1. The second-order valence-corrected chi connectivity index (χ2v) is 7.66. The Morgan fingerprint density at radius 3 is 2.31 bits per heavy atom. The molecule has 0 aliphatic rings. The molecule has 1 amide bonds. The number of esters is 1. The highest BCUT2D eigenvalue weighted by Gasteiger charge is 2.23. The molecule has 0 radical (unpaired) electrons. The zero-order valence-electron chi connectivity index (χ0n) is 19.0. The number of nitrogens with one attached hydrogen (secondary N) is 1. The van der Waals surface area contributed by atoms with Gasteiger partial charge in [0.05, 0.1) is 10.6 Å². The first-order valence-electron chi connectivity index (χ1n) is 10.6. The number of aryl methyl sites for hydroxylation is 1. The van der Waals surface area contributed by atoms with E-state index >= 15 is 0 Å².